The van der Waals surface area contributed by atoms with Gasteiger partial charge in [-0.15, -0.1) is 0 Å². The van der Waals surface area contributed by atoms with Gasteiger partial charge in [0.25, 0.3) is 0 Å². The average Bonchev–Trinajstić information content (AvgIpc) is 2.50. The number of amides is 2. The Balaban J connectivity index is 2.19. The summed E-state index contributed by atoms with van der Waals surface area (Å²) in [5.41, 5.74) is 1.27. The Morgan fingerprint density at radius 3 is 2.48 bits per heavy atom. The molecule has 0 saturated carbocycles. The van der Waals surface area contributed by atoms with Crippen LogP contribution >= 0.6 is 0 Å². The minimum Gasteiger partial charge on any atom is -0.315 e. The molecule has 0 fully saturated rings. The van der Waals surface area contributed by atoms with Crippen molar-refractivity contribution in [2.24, 2.45) is 0 Å². The van der Waals surface area contributed by atoms with Gasteiger partial charge in [0, 0.05) is 18.3 Å². The first-order valence-corrected chi connectivity index (χ1v) is 7.07. The SMILES string of the molecule is CCN(C(=O)C(=O)Nc1ccc(F)cc1F)c1cccc(C)c1. The molecule has 23 heavy (non-hydrogen) atoms. The van der Waals surface area contributed by atoms with Gasteiger partial charge in [-0.1, -0.05) is 12.1 Å². The van der Waals surface area contributed by atoms with Gasteiger partial charge in [-0.3, -0.25) is 9.59 Å². The van der Waals surface area contributed by atoms with Crippen molar-refractivity contribution < 1.29 is 18.4 Å². The second-order valence-electron chi connectivity index (χ2n) is 4.97. The Morgan fingerprint density at radius 2 is 1.87 bits per heavy atom. The van der Waals surface area contributed by atoms with Gasteiger partial charge in [0.2, 0.25) is 0 Å². The summed E-state index contributed by atoms with van der Waals surface area (Å²) in [6, 6.07) is 9.83. The Kier molecular flexibility index (Phi) is 5.05. The molecule has 0 bridgehead atoms. The van der Waals surface area contributed by atoms with E-state index in [9.17, 15) is 18.4 Å². The number of rotatable bonds is 3. The van der Waals surface area contributed by atoms with Crippen LogP contribution in [0.2, 0.25) is 0 Å². The molecule has 2 aromatic rings. The van der Waals surface area contributed by atoms with Crippen LogP contribution in [-0.2, 0) is 9.59 Å². The molecule has 0 unspecified atom stereocenters. The van der Waals surface area contributed by atoms with Crippen molar-refractivity contribution in [2.45, 2.75) is 13.8 Å². The van der Waals surface area contributed by atoms with Crippen LogP contribution in [0.3, 0.4) is 0 Å². The number of carbonyl (C=O) groups is 2. The van der Waals surface area contributed by atoms with Gasteiger partial charge in [0.1, 0.15) is 11.6 Å². The Morgan fingerprint density at radius 1 is 1.13 bits per heavy atom. The van der Waals surface area contributed by atoms with Crippen LogP contribution in [0.15, 0.2) is 42.5 Å². The summed E-state index contributed by atoms with van der Waals surface area (Å²) in [6.45, 7) is 3.88. The molecule has 6 heteroatoms. The van der Waals surface area contributed by atoms with Crippen molar-refractivity contribution in [3.05, 3.63) is 59.7 Å². The Bertz CT molecular complexity index is 747. The number of halogens is 2. The van der Waals surface area contributed by atoms with Gasteiger partial charge in [0.15, 0.2) is 0 Å². The number of carbonyl (C=O) groups excluding carboxylic acids is 2. The van der Waals surface area contributed by atoms with Crippen molar-refractivity contribution in [1.82, 2.24) is 0 Å². The molecule has 2 rings (SSSR count). The predicted octanol–water partition coefficient (Wildman–Crippen LogP) is 3.26. The molecule has 0 spiro atoms. The van der Waals surface area contributed by atoms with Crippen molar-refractivity contribution in [1.29, 1.82) is 0 Å². The van der Waals surface area contributed by atoms with Crippen molar-refractivity contribution in [3.8, 4) is 0 Å². The summed E-state index contributed by atoms with van der Waals surface area (Å²) in [4.78, 5) is 25.6. The maximum absolute atomic E-state index is 13.6. The number of likely N-dealkylation sites (N-methyl/N-ethyl adjacent to an activating group) is 1. The fraction of sp³-hybridized carbons (Fsp3) is 0.176. The van der Waals surface area contributed by atoms with Crippen LogP contribution < -0.4 is 10.2 Å². The number of anilines is 2. The highest BCUT2D eigenvalue weighted by Gasteiger charge is 2.23. The fourth-order valence-corrected chi connectivity index (χ4v) is 2.13. The number of benzene rings is 2. The molecule has 0 aliphatic rings. The number of hydrogen-bond acceptors (Lipinski definition) is 2. The highest BCUT2D eigenvalue weighted by Crippen LogP contribution is 2.18. The number of nitrogens with one attached hydrogen (secondary N) is 1. The Hall–Kier alpha value is -2.76. The van der Waals surface area contributed by atoms with Gasteiger partial charge in [-0.05, 0) is 43.7 Å². The number of hydrogen-bond donors (Lipinski definition) is 1. The molecule has 4 nitrogen and oxygen atoms in total. The number of nitrogens with zero attached hydrogens (tertiary/aromatic N) is 1. The van der Waals surface area contributed by atoms with Crippen LogP contribution in [-0.4, -0.2) is 18.4 Å². The maximum atomic E-state index is 13.6. The molecule has 0 radical (unpaired) electrons. The summed E-state index contributed by atoms with van der Waals surface area (Å²) < 4.78 is 26.4. The van der Waals surface area contributed by atoms with Gasteiger partial charge in [0.05, 0.1) is 5.69 Å². The molecule has 0 aliphatic carbocycles. The molecule has 2 amide bonds. The van der Waals surface area contributed by atoms with Crippen LogP contribution in [0.4, 0.5) is 20.2 Å². The lowest BCUT2D eigenvalue weighted by atomic mass is 10.2. The van der Waals surface area contributed by atoms with Crippen molar-refractivity contribution >= 4 is 23.2 Å². The summed E-state index contributed by atoms with van der Waals surface area (Å²) in [6.07, 6.45) is 0. The quantitative estimate of drug-likeness (QED) is 0.883. The van der Waals surface area contributed by atoms with Crippen LogP contribution in [0.5, 0.6) is 0 Å². The zero-order valence-electron chi connectivity index (χ0n) is 12.8. The lowest BCUT2D eigenvalue weighted by Crippen LogP contribution is -2.39. The molecule has 1 N–H and O–H groups in total. The third-order valence-electron chi connectivity index (χ3n) is 3.25. The zero-order chi connectivity index (χ0) is 17.0. The molecular formula is C17H16F2N2O2. The summed E-state index contributed by atoms with van der Waals surface area (Å²) >= 11 is 0. The van der Waals surface area contributed by atoms with E-state index >= 15 is 0 Å². The minimum absolute atomic E-state index is 0.245. The van der Waals surface area contributed by atoms with E-state index < -0.39 is 23.4 Å². The third-order valence-corrected chi connectivity index (χ3v) is 3.25. The second-order valence-corrected chi connectivity index (χ2v) is 4.97. The standard InChI is InChI=1S/C17H16F2N2O2/c1-3-21(13-6-4-5-11(2)9-13)17(23)16(22)20-15-8-7-12(18)10-14(15)19/h4-10H,3H2,1-2H3,(H,20,22). The normalized spacial score (nSPS) is 10.3. The number of aryl methyl sites for hydroxylation is 1. The van der Waals surface area contributed by atoms with E-state index in [0.717, 1.165) is 17.7 Å². The Labute approximate surface area is 132 Å². The summed E-state index contributed by atoms with van der Waals surface area (Å²) in [5, 5.41) is 2.16. The molecular weight excluding hydrogens is 302 g/mol. The van der Waals surface area contributed by atoms with Crippen LogP contribution in [0, 0.1) is 18.6 Å². The van der Waals surface area contributed by atoms with E-state index in [1.807, 2.05) is 13.0 Å². The highest BCUT2D eigenvalue weighted by molar-refractivity contribution is 6.44. The topological polar surface area (TPSA) is 49.4 Å². The van der Waals surface area contributed by atoms with Crippen molar-refractivity contribution in [3.63, 3.8) is 0 Å². The minimum atomic E-state index is -0.987. The summed E-state index contributed by atoms with van der Waals surface area (Å²) in [7, 11) is 0. The largest absolute Gasteiger partial charge is 0.316 e. The molecule has 0 aromatic heterocycles. The molecule has 0 aliphatic heterocycles. The molecule has 0 saturated heterocycles. The van der Waals surface area contributed by atoms with E-state index in [1.165, 1.54) is 4.90 Å². The van der Waals surface area contributed by atoms with E-state index in [2.05, 4.69) is 5.32 Å². The predicted molar refractivity (Wildman–Crippen MR) is 84.2 cm³/mol. The highest BCUT2D eigenvalue weighted by atomic mass is 19.1. The molecule has 0 heterocycles. The molecule has 2 aromatic carbocycles. The second kappa shape index (κ2) is 7.00. The smallest absolute Gasteiger partial charge is 0.315 e. The molecule has 0 atom stereocenters. The maximum Gasteiger partial charge on any atom is 0.316 e. The first kappa shape index (κ1) is 16.6. The van der Waals surface area contributed by atoms with Gasteiger partial charge in [-0.2, -0.15) is 0 Å². The lowest BCUT2D eigenvalue weighted by Gasteiger charge is -2.20. The first-order chi connectivity index (χ1) is 10.9. The first-order valence-electron chi connectivity index (χ1n) is 7.07. The average molecular weight is 318 g/mol. The zero-order valence-corrected chi connectivity index (χ0v) is 12.8. The summed E-state index contributed by atoms with van der Waals surface area (Å²) in [5.74, 6) is -3.51. The monoisotopic (exact) mass is 318 g/mol. The van der Waals surface area contributed by atoms with E-state index in [1.54, 1.807) is 25.1 Å². The molecule has 120 valence electrons. The van der Waals surface area contributed by atoms with Crippen LogP contribution in [0.1, 0.15) is 12.5 Å². The van der Waals surface area contributed by atoms with E-state index in [4.69, 9.17) is 0 Å². The lowest BCUT2D eigenvalue weighted by molar-refractivity contribution is -0.134. The van der Waals surface area contributed by atoms with Gasteiger partial charge < -0.3 is 10.2 Å². The van der Waals surface area contributed by atoms with Crippen molar-refractivity contribution in [2.75, 3.05) is 16.8 Å². The van der Waals surface area contributed by atoms with Gasteiger partial charge in [-0.25, -0.2) is 8.78 Å². The van der Waals surface area contributed by atoms with E-state index in [0.29, 0.717) is 11.8 Å². The van der Waals surface area contributed by atoms with E-state index in [-0.39, 0.29) is 12.2 Å². The van der Waals surface area contributed by atoms with Crippen LogP contribution in [0.25, 0.3) is 0 Å². The fourth-order valence-electron chi connectivity index (χ4n) is 2.13. The van der Waals surface area contributed by atoms with Gasteiger partial charge >= 0.3 is 11.8 Å². The third kappa shape index (κ3) is 3.91.